The molecule has 1 aromatic heterocycles. The maximum Gasteiger partial charge on any atom is 0.120 e. The third-order valence-corrected chi connectivity index (χ3v) is 5.73. The van der Waals surface area contributed by atoms with Crippen molar-refractivity contribution in [3.63, 3.8) is 0 Å². The molecule has 30 heavy (non-hydrogen) atoms. The van der Waals surface area contributed by atoms with Gasteiger partial charge in [-0.3, -0.25) is 4.90 Å². The number of hydrogen-bond acceptors (Lipinski definition) is 4. The van der Waals surface area contributed by atoms with Gasteiger partial charge < -0.3 is 9.47 Å². The van der Waals surface area contributed by atoms with Crippen LogP contribution in [-0.2, 0) is 4.74 Å². The van der Waals surface area contributed by atoms with Crippen molar-refractivity contribution >= 4 is 11.3 Å². The van der Waals surface area contributed by atoms with Crippen molar-refractivity contribution < 1.29 is 9.47 Å². The van der Waals surface area contributed by atoms with Crippen molar-refractivity contribution in [3.8, 4) is 28.7 Å². The van der Waals surface area contributed by atoms with E-state index < -0.39 is 0 Å². The van der Waals surface area contributed by atoms with E-state index in [2.05, 4.69) is 79.5 Å². The van der Waals surface area contributed by atoms with Gasteiger partial charge in [0, 0.05) is 18.5 Å². The number of rotatable bonds is 12. The Labute approximate surface area is 186 Å². The van der Waals surface area contributed by atoms with Crippen LogP contribution in [0.2, 0.25) is 0 Å². The molecule has 1 heterocycles. The van der Waals surface area contributed by atoms with E-state index in [9.17, 15) is 0 Å². The third-order valence-electron chi connectivity index (χ3n) is 5.04. The van der Waals surface area contributed by atoms with Gasteiger partial charge in [-0.25, -0.2) is 0 Å². The molecular weight excluding hydrogens is 390 g/mol. The zero-order chi connectivity index (χ0) is 21.7. The summed E-state index contributed by atoms with van der Waals surface area (Å²) in [5.74, 6) is 7.35. The molecule has 0 unspecified atom stereocenters. The Hall–Kier alpha value is -2.06. The first-order valence-electron chi connectivity index (χ1n) is 10.8. The number of thiophene rings is 1. The molecule has 0 aliphatic carbocycles. The fourth-order valence-corrected chi connectivity index (χ4v) is 3.34. The summed E-state index contributed by atoms with van der Waals surface area (Å²) < 4.78 is 11.6. The van der Waals surface area contributed by atoms with Crippen molar-refractivity contribution in [1.82, 2.24) is 4.90 Å². The monoisotopic (exact) mass is 425 g/mol. The molecule has 0 bridgehead atoms. The summed E-state index contributed by atoms with van der Waals surface area (Å²) in [7, 11) is 0. The maximum absolute atomic E-state index is 5.84. The predicted octanol–water partition coefficient (Wildman–Crippen LogP) is 6.13. The van der Waals surface area contributed by atoms with Gasteiger partial charge in [-0.2, -0.15) is 11.3 Å². The van der Waals surface area contributed by atoms with Gasteiger partial charge in [0.15, 0.2) is 0 Å². The molecule has 0 N–H and O–H groups in total. The molecular formula is C26H35NO2S. The lowest BCUT2D eigenvalue weighted by molar-refractivity contribution is 0.0832. The summed E-state index contributed by atoms with van der Waals surface area (Å²) in [6, 6.07) is 10.3. The highest BCUT2D eigenvalue weighted by Gasteiger charge is 2.09. The van der Waals surface area contributed by atoms with Crippen LogP contribution >= 0.6 is 11.3 Å². The van der Waals surface area contributed by atoms with E-state index in [1.165, 1.54) is 11.1 Å². The van der Waals surface area contributed by atoms with Gasteiger partial charge in [0.2, 0.25) is 0 Å². The van der Waals surface area contributed by atoms with Gasteiger partial charge in [-0.1, -0.05) is 43.9 Å². The van der Waals surface area contributed by atoms with E-state index in [0.717, 1.165) is 31.8 Å². The van der Waals surface area contributed by atoms with Crippen molar-refractivity contribution in [2.24, 2.45) is 5.41 Å². The standard InChI is InChI=1S/C26H35NO2S/c1-5-26(3,4)14-8-7-9-15-27(6-2)16-17-28-18-19-29-25-12-10-11-23(21-25)24-13-20-30-22-24/h7,9-13,20-22H,5-6,15-19H2,1-4H3. The highest BCUT2D eigenvalue weighted by atomic mass is 32.1. The lowest BCUT2D eigenvalue weighted by Gasteiger charge is -2.18. The Morgan fingerprint density at radius 1 is 1.10 bits per heavy atom. The molecule has 0 atom stereocenters. The van der Waals surface area contributed by atoms with Crippen molar-refractivity contribution in [1.29, 1.82) is 0 Å². The molecule has 0 aliphatic rings. The van der Waals surface area contributed by atoms with E-state index >= 15 is 0 Å². The van der Waals surface area contributed by atoms with E-state index in [1.54, 1.807) is 11.3 Å². The quantitative estimate of drug-likeness (QED) is 0.302. The Morgan fingerprint density at radius 3 is 2.70 bits per heavy atom. The number of likely N-dealkylation sites (N-methyl/N-ethyl adjacent to an activating group) is 1. The smallest absolute Gasteiger partial charge is 0.120 e. The summed E-state index contributed by atoms with van der Waals surface area (Å²) in [5.41, 5.74) is 2.51. The minimum Gasteiger partial charge on any atom is -0.491 e. The van der Waals surface area contributed by atoms with Crippen LogP contribution in [0.25, 0.3) is 11.1 Å². The summed E-state index contributed by atoms with van der Waals surface area (Å²) >= 11 is 1.70. The zero-order valence-corrected chi connectivity index (χ0v) is 19.6. The molecule has 3 nitrogen and oxygen atoms in total. The van der Waals surface area contributed by atoms with Crippen molar-refractivity contribution in [3.05, 3.63) is 53.2 Å². The van der Waals surface area contributed by atoms with Crippen LogP contribution in [0.3, 0.4) is 0 Å². The van der Waals surface area contributed by atoms with Gasteiger partial charge in [0.25, 0.3) is 0 Å². The van der Waals surface area contributed by atoms with Gasteiger partial charge in [0.1, 0.15) is 12.4 Å². The van der Waals surface area contributed by atoms with E-state index in [0.29, 0.717) is 19.8 Å². The fourth-order valence-electron chi connectivity index (χ4n) is 2.67. The Kier molecular flexibility index (Phi) is 10.7. The predicted molar refractivity (Wildman–Crippen MR) is 129 cm³/mol. The number of ether oxygens (including phenoxy) is 2. The fraction of sp³-hybridized carbons (Fsp3) is 0.462. The minimum atomic E-state index is 0.0932. The topological polar surface area (TPSA) is 21.7 Å². The summed E-state index contributed by atoms with van der Waals surface area (Å²) in [4.78, 5) is 2.34. The first kappa shape index (κ1) is 24.2. The van der Waals surface area contributed by atoms with Crippen LogP contribution < -0.4 is 4.74 Å². The molecule has 0 aliphatic heterocycles. The number of benzene rings is 1. The first-order chi connectivity index (χ1) is 14.5. The zero-order valence-electron chi connectivity index (χ0n) is 18.8. The highest BCUT2D eigenvalue weighted by molar-refractivity contribution is 7.08. The van der Waals surface area contributed by atoms with Crippen molar-refractivity contribution in [2.45, 2.75) is 34.1 Å². The van der Waals surface area contributed by atoms with E-state index in [4.69, 9.17) is 9.47 Å². The minimum absolute atomic E-state index is 0.0932. The largest absolute Gasteiger partial charge is 0.491 e. The Balaban J connectivity index is 1.62. The Bertz CT molecular complexity index is 815. The van der Waals surface area contributed by atoms with Gasteiger partial charge in [0.05, 0.1) is 13.2 Å². The van der Waals surface area contributed by atoms with Gasteiger partial charge in [-0.05, 0) is 73.0 Å². The van der Waals surface area contributed by atoms with Crippen LogP contribution in [0.15, 0.2) is 53.2 Å². The maximum atomic E-state index is 5.84. The average molecular weight is 426 g/mol. The molecule has 0 amide bonds. The van der Waals surface area contributed by atoms with Crippen LogP contribution in [0.1, 0.15) is 34.1 Å². The van der Waals surface area contributed by atoms with Gasteiger partial charge in [-0.15, -0.1) is 0 Å². The number of nitrogens with zero attached hydrogens (tertiary/aromatic N) is 1. The molecule has 0 fully saturated rings. The average Bonchev–Trinajstić information content (AvgIpc) is 3.29. The van der Waals surface area contributed by atoms with Crippen LogP contribution in [0.5, 0.6) is 5.75 Å². The summed E-state index contributed by atoms with van der Waals surface area (Å²) in [6.07, 6.45) is 5.17. The van der Waals surface area contributed by atoms with E-state index in [1.807, 2.05) is 18.2 Å². The van der Waals surface area contributed by atoms with Crippen LogP contribution in [0.4, 0.5) is 0 Å². The summed E-state index contributed by atoms with van der Waals surface area (Å²) in [5, 5.41) is 4.24. The van der Waals surface area contributed by atoms with Crippen LogP contribution in [-0.4, -0.2) is 44.4 Å². The second-order valence-electron chi connectivity index (χ2n) is 7.80. The molecule has 0 spiro atoms. The first-order valence-corrected chi connectivity index (χ1v) is 11.7. The summed E-state index contributed by atoms with van der Waals surface area (Å²) in [6.45, 7) is 13.3. The van der Waals surface area contributed by atoms with Crippen LogP contribution in [0, 0.1) is 17.3 Å². The third kappa shape index (κ3) is 9.17. The SMILES string of the molecule is CCN(CC=CC#CC(C)(C)CC)CCOCCOc1cccc(-c2ccsc2)c1. The molecule has 2 aromatic rings. The molecule has 4 heteroatoms. The second-order valence-corrected chi connectivity index (χ2v) is 8.58. The number of allylic oxidation sites excluding steroid dienone is 1. The molecule has 0 saturated carbocycles. The Morgan fingerprint density at radius 2 is 1.97 bits per heavy atom. The molecule has 1 aromatic carbocycles. The second kappa shape index (κ2) is 13.3. The number of hydrogen-bond donors (Lipinski definition) is 0. The molecule has 0 radical (unpaired) electrons. The molecule has 162 valence electrons. The van der Waals surface area contributed by atoms with Crippen molar-refractivity contribution in [2.75, 3.05) is 39.5 Å². The van der Waals surface area contributed by atoms with E-state index in [-0.39, 0.29) is 5.41 Å². The lowest BCUT2D eigenvalue weighted by Crippen LogP contribution is -2.28. The molecule has 2 rings (SSSR count). The lowest BCUT2D eigenvalue weighted by atomic mass is 9.91. The van der Waals surface area contributed by atoms with Gasteiger partial charge >= 0.3 is 0 Å². The normalized spacial score (nSPS) is 11.6. The highest BCUT2D eigenvalue weighted by Crippen LogP contribution is 2.25. The molecule has 0 saturated heterocycles.